The fourth-order valence-corrected chi connectivity index (χ4v) is 1.40. The minimum atomic E-state index is -0.522. The number of nitrogens with two attached hydrogens (primary N) is 1. The van der Waals surface area contributed by atoms with Gasteiger partial charge in [0.15, 0.2) is 0 Å². The van der Waals surface area contributed by atoms with Gasteiger partial charge in [0, 0.05) is 5.92 Å². The van der Waals surface area contributed by atoms with Gasteiger partial charge >= 0.3 is 0 Å². The molecule has 1 rings (SSSR count). The maximum Gasteiger partial charge on any atom is 0.203 e. The van der Waals surface area contributed by atoms with Crippen molar-refractivity contribution in [3.8, 4) is 0 Å². The van der Waals surface area contributed by atoms with Gasteiger partial charge < -0.3 is 5.73 Å². The first kappa shape index (κ1) is 13.5. The third-order valence-corrected chi connectivity index (χ3v) is 2.45. The molecule has 4 heteroatoms. The van der Waals surface area contributed by atoms with Crippen molar-refractivity contribution >= 4 is 30.2 Å². The Kier molecular flexibility index (Phi) is 5.84. The average molecular weight is 232 g/mol. The van der Waals surface area contributed by atoms with Crippen LogP contribution < -0.4 is 5.73 Å². The van der Waals surface area contributed by atoms with E-state index in [0.717, 1.165) is 5.56 Å². The molecule has 0 aliphatic heterocycles. The van der Waals surface area contributed by atoms with Crippen LogP contribution in [0.15, 0.2) is 30.3 Å². The molecule has 0 aromatic heterocycles. The van der Waals surface area contributed by atoms with Gasteiger partial charge in [0.1, 0.15) is 0 Å². The van der Waals surface area contributed by atoms with Crippen LogP contribution in [-0.4, -0.2) is 11.2 Å². The normalized spacial score (nSPS) is 13.9. The lowest BCUT2D eigenvalue weighted by Gasteiger charge is -2.16. The molecule has 2 N–H and O–H groups in total. The van der Waals surface area contributed by atoms with Crippen molar-refractivity contribution in [2.24, 2.45) is 5.73 Å². The number of halogens is 1. The van der Waals surface area contributed by atoms with Gasteiger partial charge in [0.05, 0.1) is 6.04 Å². The van der Waals surface area contributed by atoms with Crippen molar-refractivity contribution in [3.63, 3.8) is 0 Å². The van der Waals surface area contributed by atoms with Gasteiger partial charge in [-0.1, -0.05) is 37.3 Å². The minimum absolute atomic E-state index is 0. The molecule has 1 aromatic rings. The minimum Gasteiger partial charge on any atom is -0.320 e. The Labute approximate surface area is 95.7 Å². The monoisotopic (exact) mass is 231 g/mol. The zero-order valence-corrected chi connectivity index (χ0v) is 9.59. The lowest BCUT2D eigenvalue weighted by molar-refractivity contribution is -0.112. The van der Waals surface area contributed by atoms with Gasteiger partial charge in [-0.15, -0.1) is 25.0 Å². The quantitative estimate of drug-likeness (QED) is 0.782. The third kappa shape index (κ3) is 3.33. The van der Waals surface area contributed by atoms with Crippen LogP contribution in [0.3, 0.4) is 0 Å². The van der Waals surface area contributed by atoms with E-state index in [-0.39, 0.29) is 23.4 Å². The molecule has 0 unspecified atom stereocenters. The summed E-state index contributed by atoms with van der Waals surface area (Å²) < 4.78 is 0. The summed E-state index contributed by atoms with van der Waals surface area (Å²) in [7, 11) is 0. The van der Waals surface area contributed by atoms with Crippen molar-refractivity contribution in [2.45, 2.75) is 18.9 Å². The second-order valence-corrected chi connectivity index (χ2v) is 3.50. The number of rotatable bonds is 3. The maximum atomic E-state index is 10.9. The molecule has 2 nitrogen and oxygen atoms in total. The van der Waals surface area contributed by atoms with Crippen LogP contribution in [0.4, 0.5) is 0 Å². The Balaban J connectivity index is 0.00000169. The molecule has 0 saturated heterocycles. The van der Waals surface area contributed by atoms with Crippen LogP contribution in [-0.2, 0) is 4.79 Å². The smallest absolute Gasteiger partial charge is 0.203 e. The van der Waals surface area contributed by atoms with Crippen LogP contribution in [0.5, 0.6) is 0 Å². The second kappa shape index (κ2) is 6.06. The third-order valence-electron chi connectivity index (χ3n) is 2.15. The Morgan fingerprint density at radius 2 is 1.86 bits per heavy atom. The van der Waals surface area contributed by atoms with E-state index in [1.54, 1.807) is 0 Å². The Morgan fingerprint density at radius 3 is 2.29 bits per heavy atom. The molecule has 78 valence electrons. The number of carbonyl (C=O) groups excluding carboxylic acids is 1. The topological polar surface area (TPSA) is 43.1 Å². The average Bonchev–Trinajstić information content (AvgIpc) is 2.17. The molecule has 2 atom stereocenters. The molecule has 0 heterocycles. The largest absolute Gasteiger partial charge is 0.320 e. The van der Waals surface area contributed by atoms with E-state index in [4.69, 9.17) is 5.73 Å². The molecule has 0 aliphatic rings. The van der Waals surface area contributed by atoms with E-state index >= 15 is 0 Å². The summed E-state index contributed by atoms with van der Waals surface area (Å²) in [5, 5.41) is -0.267. The molecule has 0 amide bonds. The van der Waals surface area contributed by atoms with Gasteiger partial charge in [0.25, 0.3) is 0 Å². The summed E-state index contributed by atoms with van der Waals surface area (Å²) in [4.78, 5) is 10.9. The lowest BCUT2D eigenvalue weighted by atomic mass is 9.95. The predicted molar refractivity (Wildman–Crippen MR) is 64.1 cm³/mol. The van der Waals surface area contributed by atoms with Crippen LogP contribution in [0.1, 0.15) is 18.4 Å². The molecular weight excluding hydrogens is 218 g/mol. The molecule has 0 aliphatic carbocycles. The van der Waals surface area contributed by atoms with E-state index in [0.29, 0.717) is 0 Å². The number of thiol groups is 1. The lowest BCUT2D eigenvalue weighted by Crippen LogP contribution is -2.32. The molecule has 14 heavy (non-hydrogen) atoms. The maximum absolute atomic E-state index is 10.9. The van der Waals surface area contributed by atoms with Crippen LogP contribution in [0.2, 0.25) is 0 Å². The van der Waals surface area contributed by atoms with E-state index in [9.17, 15) is 4.79 Å². The SMILES string of the molecule is C[C@@H](c1ccccc1)[C@@H](N)C(=O)S.Cl. The highest BCUT2D eigenvalue weighted by atomic mass is 35.5. The van der Waals surface area contributed by atoms with Crippen molar-refractivity contribution in [3.05, 3.63) is 35.9 Å². The molecule has 0 saturated carbocycles. The van der Waals surface area contributed by atoms with Gasteiger partial charge in [-0.3, -0.25) is 4.79 Å². The Hall–Kier alpha value is -0.510. The highest BCUT2D eigenvalue weighted by Gasteiger charge is 2.18. The first-order chi connectivity index (χ1) is 6.13. The first-order valence-electron chi connectivity index (χ1n) is 4.16. The summed E-state index contributed by atoms with van der Waals surface area (Å²) in [6.45, 7) is 1.92. The van der Waals surface area contributed by atoms with Crippen molar-refractivity contribution < 1.29 is 4.79 Å². The summed E-state index contributed by atoms with van der Waals surface area (Å²) in [6, 6.07) is 9.20. The molecule has 0 fully saturated rings. The first-order valence-corrected chi connectivity index (χ1v) is 4.61. The highest BCUT2D eigenvalue weighted by molar-refractivity contribution is 7.96. The van der Waals surface area contributed by atoms with Gasteiger partial charge in [-0.05, 0) is 5.56 Å². The Morgan fingerprint density at radius 1 is 1.36 bits per heavy atom. The molecule has 0 bridgehead atoms. The highest BCUT2D eigenvalue weighted by Crippen LogP contribution is 2.18. The van der Waals surface area contributed by atoms with Gasteiger partial charge in [-0.25, -0.2) is 0 Å². The number of benzene rings is 1. The van der Waals surface area contributed by atoms with E-state index < -0.39 is 6.04 Å². The summed E-state index contributed by atoms with van der Waals surface area (Å²) in [5.41, 5.74) is 6.73. The van der Waals surface area contributed by atoms with E-state index in [2.05, 4.69) is 12.6 Å². The molecular formula is C10H14ClNOS. The van der Waals surface area contributed by atoms with Gasteiger partial charge in [0.2, 0.25) is 5.12 Å². The van der Waals surface area contributed by atoms with E-state index in [1.807, 2.05) is 37.3 Å². The number of hydrogen-bond donors (Lipinski definition) is 2. The zero-order chi connectivity index (χ0) is 9.84. The second-order valence-electron chi connectivity index (χ2n) is 3.06. The summed E-state index contributed by atoms with van der Waals surface area (Å²) >= 11 is 3.72. The van der Waals surface area contributed by atoms with Crippen molar-refractivity contribution in [1.29, 1.82) is 0 Å². The van der Waals surface area contributed by atoms with Crippen LogP contribution in [0, 0.1) is 0 Å². The summed E-state index contributed by atoms with van der Waals surface area (Å²) in [6.07, 6.45) is 0. The predicted octanol–water partition coefficient (Wildman–Crippen LogP) is 2.00. The van der Waals surface area contributed by atoms with Crippen molar-refractivity contribution in [2.75, 3.05) is 0 Å². The summed E-state index contributed by atoms with van der Waals surface area (Å²) in [5.74, 6) is 0.0196. The molecule has 1 aromatic carbocycles. The van der Waals surface area contributed by atoms with E-state index in [1.165, 1.54) is 0 Å². The van der Waals surface area contributed by atoms with Crippen LogP contribution >= 0.6 is 25.0 Å². The van der Waals surface area contributed by atoms with Crippen LogP contribution in [0.25, 0.3) is 0 Å². The fraction of sp³-hybridized carbons (Fsp3) is 0.300. The number of carbonyl (C=O) groups is 1. The fourth-order valence-electron chi connectivity index (χ4n) is 1.18. The molecule has 0 spiro atoms. The Bertz CT molecular complexity index is 291. The number of hydrogen-bond acceptors (Lipinski definition) is 2. The molecule has 0 radical (unpaired) electrons. The van der Waals surface area contributed by atoms with Gasteiger partial charge in [-0.2, -0.15) is 0 Å². The zero-order valence-electron chi connectivity index (χ0n) is 7.88. The van der Waals surface area contributed by atoms with Crippen molar-refractivity contribution in [1.82, 2.24) is 0 Å². The standard InChI is InChI=1S/C10H13NOS.ClH/c1-7(9(11)10(12)13)8-5-3-2-4-6-8;/h2-7,9H,11H2,1H3,(H,12,13);1H/t7-,9+;/m0./s1.